The first-order valence-electron chi connectivity index (χ1n) is 7.77. The van der Waals surface area contributed by atoms with E-state index in [1.807, 2.05) is 12.1 Å². The Morgan fingerprint density at radius 2 is 2.24 bits per heavy atom. The Morgan fingerprint density at radius 1 is 1.38 bits per heavy atom. The van der Waals surface area contributed by atoms with Gasteiger partial charge in [0.05, 0.1) is 0 Å². The fourth-order valence-corrected chi connectivity index (χ4v) is 2.54. The molecule has 0 spiro atoms. The number of aliphatic imine (C=N–C) groups is 1. The molecule has 2 heterocycles. The van der Waals surface area contributed by atoms with Crippen molar-refractivity contribution in [3.63, 3.8) is 0 Å². The highest BCUT2D eigenvalue weighted by molar-refractivity contribution is 5.98. The minimum atomic E-state index is -0.232. The molecular formula is C16H22N4O. The summed E-state index contributed by atoms with van der Waals surface area (Å²) in [6.45, 7) is 5.09. The van der Waals surface area contributed by atoms with E-state index in [4.69, 9.17) is 0 Å². The van der Waals surface area contributed by atoms with Crippen molar-refractivity contribution in [1.29, 1.82) is 0 Å². The van der Waals surface area contributed by atoms with Crippen LogP contribution in [-0.4, -0.2) is 42.8 Å². The van der Waals surface area contributed by atoms with Crippen molar-refractivity contribution in [1.82, 2.24) is 10.3 Å². The fraction of sp³-hybridized carbons (Fsp3) is 0.562. The maximum absolute atomic E-state index is 12.1. The zero-order valence-corrected chi connectivity index (χ0v) is 12.5. The number of amides is 1. The van der Waals surface area contributed by atoms with E-state index in [1.165, 1.54) is 0 Å². The molecular weight excluding hydrogens is 264 g/mol. The van der Waals surface area contributed by atoms with Gasteiger partial charge in [0.2, 0.25) is 0 Å². The molecule has 1 saturated heterocycles. The Kier molecular flexibility index (Phi) is 4.29. The van der Waals surface area contributed by atoms with Gasteiger partial charge in [0.1, 0.15) is 11.5 Å². The Morgan fingerprint density at radius 3 is 3.05 bits per heavy atom. The summed E-state index contributed by atoms with van der Waals surface area (Å²) in [7, 11) is 0. The lowest BCUT2D eigenvalue weighted by atomic mass is 10.2. The lowest BCUT2D eigenvalue weighted by Gasteiger charge is -2.28. The molecule has 1 N–H and O–H groups in total. The number of hydrogen-bond acceptors (Lipinski definition) is 4. The predicted molar refractivity (Wildman–Crippen MR) is 84.1 cm³/mol. The number of carbonyl (C=O) groups is 1. The van der Waals surface area contributed by atoms with E-state index in [0.29, 0.717) is 17.7 Å². The van der Waals surface area contributed by atoms with Crippen LogP contribution in [0.4, 0.5) is 5.82 Å². The molecule has 1 atom stereocenters. The molecule has 2 aliphatic rings. The SMILES string of the molecule is CC1CCNCCN1c1cccc(C(=O)N=CC2CC2)n1. The Labute approximate surface area is 125 Å². The third-order valence-corrected chi connectivity index (χ3v) is 4.07. The van der Waals surface area contributed by atoms with Gasteiger partial charge in [0.25, 0.3) is 5.91 Å². The van der Waals surface area contributed by atoms with Crippen LogP contribution in [0.25, 0.3) is 0 Å². The summed E-state index contributed by atoms with van der Waals surface area (Å²) < 4.78 is 0. The molecule has 2 fully saturated rings. The Hall–Kier alpha value is -1.75. The van der Waals surface area contributed by atoms with Crippen LogP contribution in [0.15, 0.2) is 23.2 Å². The van der Waals surface area contributed by atoms with E-state index in [0.717, 1.165) is 44.7 Å². The summed E-state index contributed by atoms with van der Waals surface area (Å²) in [4.78, 5) is 22.9. The van der Waals surface area contributed by atoms with Crippen molar-refractivity contribution in [3.8, 4) is 0 Å². The number of pyridine rings is 1. The molecule has 5 nitrogen and oxygen atoms in total. The molecule has 112 valence electrons. The number of rotatable bonds is 3. The Bertz CT molecular complexity index is 539. The number of nitrogens with zero attached hydrogens (tertiary/aromatic N) is 3. The zero-order chi connectivity index (χ0) is 14.7. The molecule has 5 heteroatoms. The summed E-state index contributed by atoms with van der Waals surface area (Å²) in [5.41, 5.74) is 0.439. The summed E-state index contributed by atoms with van der Waals surface area (Å²) in [5.74, 6) is 1.15. The number of hydrogen-bond donors (Lipinski definition) is 1. The van der Waals surface area contributed by atoms with Gasteiger partial charge in [-0.15, -0.1) is 0 Å². The second-order valence-electron chi connectivity index (χ2n) is 5.88. The van der Waals surface area contributed by atoms with E-state index < -0.39 is 0 Å². The van der Waals surface area contributed by atoms with E-state index in [9.17, 15) is 4.79 Å². The van der Waals surface area contributed by atoms with E-state index in [-0.39, 0.29) is 5.91 Å². The van der Waals surface area contributed by atoms with E-state index in [2.05, 4.69) is 27.1 Å². The molecule has 21 heavy (non-hydrogen) atoms. The van der Waals surface area contributed by atoms with Crippen molar-refractivity contribution in [2.45, 2.75) is 32.2 Å². The molecule has 1 saturated carbocycles. The lowest BCUT2D eigenvalue weighted by Crippen LogP contribution is -2.35. The minimum Gasteiger partial charge on any atom is -0.353 e. The third-order valence-electron chi connectivity index (χ3n) is 4.07. The molecule has 1 aromatic heterocycles. The van der Waals surface area contributed by atoms with Crippen molar-refractivity contribution in [3.05, 3.63) is 23.9 Å². The van der Waals surface area contributed by atoms with Crippen LogP contribution in [0.5, 0.6) is 0 Å². The molecule has 1 unspecified atom stereocenters. The second-order valence-corrected chi connectivity index (χ2v) is 5.88. The molecule has 0 aromatic carbocycles. The molecule has 1 aliphatic carbocycles. The lowest BCUT2D eigenvalue weighted by molar-refractivity contribution is 0.0998. The van der Waals surface area contributed by atoms with Crippen LogP contribution >= 0.6 is 0 Å². The maximum atomic E-state index is 12.1. The smallest absolute Gasteiger partial charge is 0.295 e. The molecule has 1 aromatic rings. The van der Waals surface area contributed by atoms with Gasteiger partial charge in [0.15, 0.2) is 0 Å². The first-order valence-corrected chi connectivity index (χ1v) is 7.77. The Balaban J connectivity index is 1.76. The number of anilines is 1. The van der Waals surface area contributed by atoms with Gasteiger partial charge >= 0.3 is 0 Å². The highest BCUT2D eigenvalue weighted by Gasteiger charge is 2.21. The van der Waals surface area contributed by atoms with Crippen molar-refractivity contribution in [2.75, 3.05) is 24.5 Å². The second kappa shape index (κ2) is 6.35. The average Bonchev–Trinajstić information content (AvgIpc) is 3.33. The monoisotopic (exact) mass is 286 g/mol. The first kappa shape index (κ1) is 14.2. The van der Waals surface area contributed by atoms with Crippen LogP contribution in [0.3, 0.4) is 0 Å². The molecule has 1 aliphatic heterocycles. The van der Waals surface area contributed by atoms with Gasteiger partial charge in [-0.1, -0.05) is 6.07 Å². The largest absolute Gasteiger partial charge is 0.353 e. The van der Waals surface area contributed by atoms with Crippen LogP contribution in [0, 0.1) is 5.92 Å². The van der Waals surface area contributed by atoms with E-state index in [1.54, 1.807) is 12.3 Å². The van der Waals surface area contributed by atoms with Gasteiger partial charge in [-0.2, -0.15) is 0 Å². The van der Waals surface area contributed by atoms with Crippen molar-refractivity contribution in [2.24, 2.45) is 10.9 Å². The summed E-state index contributed by atoms with van der Waals surface area (Å²) >= 11 is 0. The predicted octanol–water partition coefficient (Wildman–Crippen LogP) is 1.89. The van der Waals surface area contributed by atoms with Crippen LogP contribution < -0.4 is 10.2 Å². The standard InChI is InChI=1S/C16H22N4O/c1-12-7-8-17-9-10-20(12)15-4-2-3-14(19-15)16(21)18-11-13-5-6-13/h2-4,11-13,17H,5-10H2,1H3. The average molecular weight is 286 g/mol. The van der Waals surface area contributed by atoms with Crippen molar-refractivity contribution >= 4 is 17.9 Å². The fourth-order valence-electron chi connectivity index (χ4n) is 2.54. The summed E-state index contributed by atoms with van der Waals surface area (Å²) in [6.07, 6.45) is 5.17. The van der Waals surface area contributed by atoms with Crippen LogP contribution in [-0.2, 0) is 0 Å². The highest BCUT2D eigenvalue weighted by atomic mass is 16.1. The highest BCUT2D eigenvalue weighted by Crippen LogP contribution is 2.26. The van der Waals surface area contributed by atoms with Gasteiger partial charge in [0, 0.05) is 25.3 Å². The normalized spacial score (nSPS) is 23.3. The van der Waals surface area contributed by atoms with Crippen molar-refractivity contribution < 1.29 is 4.79 Å². The third kappa shape index (κ3) is 3.67. The molecule has 0 radical (unpaired) electrons. The number of nitrogens with one attached hydrogen (secondary N) is 1. The number of carbonyl (C=O) groups excluding carboxylic acids is 1. The summed E-state index contributed by atoms with van der Waals surface area (Å²) in [6, 6.07) is 6.04. The van der Waals surface area contributed by atoms with Crippen LogP contribution in [0.2, 0.25) is 0 Å². The van der Waals surface area contributed by atoms with E-state index >= 15 is 0 Å². The summed E-state index contributed by atoms with van der Waals surface area (Å²) in [5, 5.41) is 3.39. The van der Waals surface area contributed by atoms with Gasteiger partial charge in [-0.3, -0.25) is 4.79 Å². The van der Waals surface area contributed by atoms with Gasteiger partial charge < -0.3 is 10.2 Å². The quantitative estimate of drug-likeness (QED) is 0.862. The molecule has 0 bridgehead atoms. The minimum absolute atomic E-state index is 0.232. The maximum Gasteiger partial charge on any atom is 0.295 e. The van der Waals surface area contributed by atoms with Gasteiger partial charge in [-0.05, 0) is 50.8 Å². The zero-order valence-electron chi connectivity index (χ0n) is 12.5. The van der Waals surface area contributed by atoms with Gasteiger partial charge in [-0.25, -0.2) is 9.98 Å². The molecule has 1 amide bonds. The van der Waals surface area contributed by atoms with Crippen LogP contribution in [0.1, 0.15) is 36.7 Å². The number of aromatic nitrogens is 1. The topological polar surface area (TPSA) is 57.6 Å². The molecule has 3 rings (SSSR count). The first-order chi connectivity index (χ1) is 10.2.